The van der Waals surface area contributed by atoms with Crippen LogP contribution in [0.4, 0.5) is 0 Å². The second kappa shape index (κ2) is 8.73. The van der Waals surface area contributed by atoms with Crippen molar-refractivity contribution in [1.29, 1.82) is 0 Å². The summed E-state index contributed by atoms with van der Waals surface area (Å²) >= 11 is 0. The number of aliphatic imine (C=N–C) groups is 1. The lowest BCUT2D eigenvalue weighted by Crippen LogP contribution is -2.37. The molecule has 1 heterocycles. The molecule has 0 spiro atoms. The van der Waals surface area contributed by atoms with Gasteiger partial charge >= 0.3 is 0 Å². The predicted octanol–water partition coefficient (Wildman–Crippen LogP) is 4.26. The van der Waals surface area contributed by atoms with Crippen molar-refractivity contribution in [3.8, 4) is 0 Å². The summed E-state index contributed by atoms with van der Waals surface area (Å²) in [6.45, 7) is 1.42. The standard InChI is InChI=1S/C19H21N3O.HI/c1-20-19(22(2)14-15-8-4-3-5-9-15)21-13-17-12-16-10-6-7-11-18(16)23-17;/h3-12H,13-14H2,1-2H3,(H,20,21);1H. The van der Waals surface area contributed by atoms with Gasteiger partial charge in [-0.1, -0.05) is 48.5 Å². The Morgan fingerprint density at radius 3 is 2.50 bits per heavy atom. The quantitative estimate of drug-likeness (QED) is 0.378. The molecule has 4 nitrogen and oxygen atoms in total. The van der Waals surface area contributed by atoms with Crippen LogP contribution in [0.5, 0.6) is 0 Å². The molecule has 0 saturated carbocycles. The summed E-state index contributed by atoms with van der Waals surface area (Å²) in [5, 5.41) is 4.47. The van der Waals surface area contributed by atoms with Gasteiger partial charge in [-0.05, 0) is 17.7 Å². The number of benzene rings is 2. The number of hydrogen-bond donors (Lipinski definition) is 1. The molecule has 1 N–H and O–H groups in total. The van der Waals surface area contributed by atoms with Crippen molar-refractivity contribution in [3.63, 3.8) is 0 Å². The van der Waals surface area contributed by atoms with Crippen LogP contribution in [0, 0.1) is 0 Å². The molecule has 0 aliphatic heterocycles. The van der Waals surface area contributed by atoms with E-state index in [0.29, 0.717) is 6.54 Å². The lowest BCUT2D eigenvalue weighted by atomic mass is 10.2. The van der Waals surface area contributed by atoms with Crippen LogP contribution in [0.3, 0.4) is 0 Å². The first-order chi connectivity index (χ1) is 11.3. The minimum absolute atomic E-state index is 0. The van der Waals surface area contributed by atoms with E-state index in [1.54, 1.807) is 7.05 Å². The number of furan rings is 1. The van der Waals surface area contributed by atoms with Gasteiger partial charge in [0.2, 0.25) is 0 Å². The lowest BCUT2D eigenvalue weighted by Gasteiger charge is -2.21. The van der Waals surface area contributed by atoms with Gasteiger partial charge in [0.25, 0.3) is 0 Å². The number of halogens is 1. The molecule has 3 aromatic rings. The number of guanidine groups is 1. The van der Waals surface area contributed by atoms with Crippen LogP contribution in [0.1, 0.15) is 11.3 Å². The largest absolute Gasteiger partial charge is 0.459 e. The number of rotatable bonds is 4. The minimum atomic E-state index is 0. The molecule has 0 atom stereocenters. The average molecular weight is 435 g/mol. The Hall–Kier alpha value is -2.02. The van der Waals surface area contributed by atoms with Crippen molar-refractivity contribution < 1.29 is 4.42 Å². The van der Waals surface area contributed by atoms with Crippen molar-refractivity contribution in [3.05, 3.63) is 72.0 Å². The Labute approximate surface area is 159 Å². The van der Waals surface area contributed by atoms with Gasteiger partial charge in [0.15, 0.2) is 5.96 Å². The molecule has 126 valence electrons. The van der Waals surface area contributed by atoms with Crippen molar-refractivity contribution in [2.75, 3.05) is 14.1 Å². The first kappa shape index (κ1) is 18.3. The number of para-hydroxylation sites is 1. The van der Waals surface area contributed by atoms with Gasteiger partial charge in [0.1, 0.15) is 11.3 Å². The zero-order valence-electron chi connectivity index (χ0n) is 13.9. The summed E-state index contributed by atoms with van der Waals surface area (Å²) in [5.74, 6) is 1.75. The van der Waals surface area contributed by atoms with Crippen LogP contribution in [-0.4, -0.2) is 25.0 Å². The summed E-state index contributed by atoms with van der Waals surface area (Å²) in [4.78, 5) is 6.44. The van der Waals surface area contributed by atoms with E-state index in [2.05, 4.69) is 39.5 Å². The zero-order chi connectivity index (χ0) is 16.1. The van der Waals surface area contributed by atoms with E-state index in [4.69, 9.17) is 4.42 Å². The highest BCUT2D eigenvalue weighted by Gasteiger charge is 2.08. The van der Waals surface area contributed by atoms with E-state index in [1.807, 2.05) is 43.4 Å². The highest BCUT2D eigenvalue weighted by Crippen LogP contribution is 2.18. The number of hydrogen-bond acceptors (Lipinski definition) is 2. The number of nitrogens with zero attached hydrogens (tertiary/aromatic N) is 2. The molecule has 0 saturated heterocycles. The van der Waals surface area contributed by atoms with Gasteiger partial charge in [-0.25, -0.2) is 0 Å². The van der Waals surface area contributed by atoms with Crippen LogP contribution >= 0.6 is 24.0 Å². The molecule has 0 bridgehead atoms. The second-order valence-corrected chi connectivity index (χ2v) is 5.49. The maximum Gasteiger partial charge on any atom is 0.194 e. The molecule has 0 aliphatic rings. The molecule has 0 unspecified atom stereocenters. The monoisotopic (exact) mass is 435 g/mol. The molecule has 1 aromatic heterocycles. The molecule has 3 rings (SSSR count). The predicted molar refractivity (Wildman–Crippen MR) is 110 cm³/mol. The Balaban J connectivity index is 0.00000208. The van der Waals surface area contributed by atoms with E-state index in [0.717, 1.165) is 29.2 Å². The number of fused-ring (bicyclic) bond motifs is 1. The third-order valence-corrected chi connectivity index (χ3v) is 3.73. The summed E-state index contributed by atoms with van der Waals surface area (Å²) in [5.41, 5.74) is 2.17. The van der Waals surface area contributed by atoms with Gasteiger partial charge in [0.05, 0.1) is 6.54 Å². The molecule has 0 radical (unpaired) electrons. The lowest BCUT2D eigenvalue weighted by molar-refractivity contribution is 0.466. The van der Waals surface area contributed by atoms with Crippen molar-refractivity contribution in [1.82, 2.24) is 10.2 Å². The zero-order valence-corrected chi connectivity index (χ0v) is 16.2. The Morgan fingerprint density at radius 2 is 1.79 bits per heavy atom. The van der Waals surface area contributed by atoms with Gasteiger partial charge in [0, 0.05) is 26.0 Å². The van der Waals surface area contributed by atoms with Gasteiger partial charge in [-0.2, -0.15) is 0 Å². The molecule has 0 fully saturated rings. The third-order valence-electron chi connectivity index (χ3n) is 3.73. The van der Waals surface area contributed by atoms with E-state index >= 15 is 0 Å². The SMILES string of the molecule is CN=C(NCc1cc2ccccc2o1)N(C)Cc1ccccc1.I. The highest BCUT2D eigenvalue weighted by atomic mass is 127. The van der Waals surface area contributed by atoms with Crippen LogP contribution in [0.2, 0.25) is 0 Å². The highest BCUT2D eigenvalue weighted by molar-refractivity contribution is 14.0. The molecule has 0 amide bonds. The molecular formula is C19H22IN3O. The molecular weight excluding hydrogens is 413 g/mol. The Morgan fingerprint density at radius 1 is 1.08 bits per heavy atom. The third kappa shape index (κ3) is 4.50. The van der Waals surface area contributed by atoms with Crippen molar-refractivity contribution >= 4 is 40.9 Å². The molecule has 0 aliphatic carbocycles. The molecule has 5 heteroatoms. The summed E-state index contributed by atoms with van der Waals surface area (Å²) in [7, 11) is 3.82. The first-order valence-electron chi connectivity index (χ1n) is 7.69. The summed E-state index contributed by atoms with van der Waals surface area (Å²) in [6.07, 6.45) is 0. The fraction of sp³-hybridized carbons (Fsp3) is 0.211. The Kier molecular flexibility index (Phi) is 6.66. The number of nitrogens with one attached hydrogen (secondary N) is 1. The van der Waals surface area contributed by atoms with Crippen LogP contribution in [0.25, 0.3) is 11.0 Å². The van der Waals surface area contributed by atoms with E-state index < -0.39 is 0 Å². The maximum absolute atomic E-state index is 5.82. The van der Waals surface area contributed by atoms with Gasteiger partial charge < -0.3 is 14.6 Å². The average Bonchev–Trinajstić information content (AvgIpc) is 2.99. The van der Waals surface area contributed by atoms with Gasteiger partial charge in [-0.3, -0.25) is 4.99 Å². The van der Waals surface area contributed by atoms with Crippen LogP contribution in [-0.2, 0) is 13.1 Å². The molecule has 24 heavy (non-hydrogen) atoms. The fourth-order valence-corrected chi connectivity index (χ4v) is 2.61. The van der Waals surface area contributed by atoms with Crippen LogP contribution in [0.15, 0.2) is 70.1 Å². The smallest absolute Gasteiger partial charge is 0.194 e. The van der Waals surface area contributed by atoms with Crippen molar-refractivity contribution in [2.45, 2.75) is 13.1 Å². The fourth-order valence-electron chi connectivity index (χ4n) is 2.61. The maximum atomic E-state index is 5.82. The van der Waals surface area contributed by atoms with E-state index in [1.165, 1.54) is 5.56 Å². The summed E-state index contributed by atoms with van der Waals surface area (Å²) < 4.78 is 5.82. The second-order valence-electron chi connectivity index (χ2n) is 5.49. The van der Waals surface area contributed by atoms with Gasteiger partial charge in [-0.15, -0.1) is 24.0 Å². The molecule has 2 aromatic carbocycles. The minimum Gasteiger partial charge on any atom is -0.459 e. The Bertz CT molecular complexity index is 765. The topological polar surface area (TPSA) is 40.8 Å². The summed E-state index contributed by atoms with van der Waals surface area (Å²) in [6, 6.07) is 20.4. The van der Waals surface area contributed by atoms with Crippen molar-refractivity contribution in [2.24, 2.45) is 4.99 Å². The normalized spacial score (nSPS) is 11.2. The first-order valence-corrected chi connectivity index (χ1v) is 7.69. The van der Waals surface area contributed by atoms with E-state index in [-0.39, 0.29) is 24.0 Å². The van der Waals surface area contributed by atoms with Crippen LogP contribution < -0.4 is 5.32 Å². The van der Waals surface area contributed by atoms with E-state index in [9.17, 15) is 0 Å².